The fraction of sp³-hybridized carbons (Fsp3) is 0.125. The molecule has 0 aliphatic rings. The molecule has 2 rings (SSSR count). The number of thiocarbonyl (C=S) groups is 1. The molecule has 0 heterocycles. The third kappa shape index (κ3) is 3.60. The Kier molecular flexibility index (Phi) is 4.60. The smallest absolute Gasteiger partial charge is 0.255 e. The van der Waals surface area contributed by atoms with Gasteiger partial charge in [-0.15, -0.1) is 0 Å². The van der Waals surface area contributed by atoms with Gasteiger partial charge in [0.15, 0.2) is 0 Å². The summed E-state index contributed by atoms with van der Waals surface area (Å²) in [7, 11) is 0. The van der Waals surface area contributed by atoms with Crippen molar-refractivity contribution in [2.45, 2.75) is 13.8 Å². The highest BCUT2D eigenvalue weighted by Crippen LogP contribution is 2.20. The summed E-state index contributed by atoms with van der Waals surface area (Å²) in [6.07, 6.45) is 0. The summed E-state index contributed by atoms with van der Waals surface area (Å²) >= 11 is 11.0. The van der Waals surface area contributed by atoms with Gasteiger partial charge in [-0.05, 0) is 43.2 Å². The SMILES string of the molecule is Cc1ccc(C(=O)Nc2cc(C(N)=S)ccc2C)cc1Cl. The standard InChI is InChI=1S/C16H15ClN2OS/c1-9-3-6-12(7-13(9)17)16(20)19-14-8-11(15(18)21)5-4-10(14)2/h3-8H,1-2H3,(H2,18,21)(H,19,20). The Morgan fingerprint density at radius 3 is 2.33 bits per heavy atom. The number of amides is 1. The molecule has 0 radical (unpaired) electrons. The molecule has 21 heavy (non-hydrogen) atoms. The molecule has 0 aliphatic heterocycles. The van der Waals surface area contributed by atoms with Gasteiger partial charge in [-0.25, -0.2) is 0 Å². The minimum absolute atomic E-state index is 0.222. The Morgan fingerprint density at radius 2 is 1.71 bits per heavy atom. The van der Waals surface area contributed by atoms with E-state index in [-0.39, 0.29) is 5.91 Å². The van der Waals surface area contributed by atoms with E-state index in [9.17, 15) is 4.79 Å². The van der Waals surface area contributed by atoms with Crippen LogP contribution in [0.5, 0.6) is 0 Å². The van der Waals surface area contributed by atoms with Crippen molar-refractivity contribution < 1.29 is 4.79 Å². The van der Waals surface area contributed by atoms with E-state index in [0.29, 0.717) is 26.8 Å². The fourth-order valence-electron chi connectivity index (χ4n) is 1.84. The predicted molar refractivity (Wildman–Crippen MR) is 91.2 cm³/mol. The Morgan fingerprint density at radius 1 is 1.10 bits per heavy atom. The quantitative estimate of drug-likeness (QED) is 0.845. The first-order valence-electron chi connectivity index (χ1n) is 6.36. The molecule has 2 aromatic carbocycles. The summed E-state index contributed by atoms with van der Waals surface area (Å²) in [5, 5.41) is 3.42. The monoisotopic (exact) mass is 318 g/mol. The van der Waals surface area contributed by atoms with Gasteiger partial charge < -0.3 is 11.1 Å². The Balaban J connectivity index is 2.28. The van der Waals surface area contributed by atoms with Crippen LogP contribution < -0.4 is 11.1 Å². The van der Waals surface area contributed by atoms with Crippen LogP contribution in [0.3, 0.4) is 0 Å². The number of nitrogens with one attached hydrogen (secondary N) is 1. The van der Waals surface area contributed by atoms with Crippen molar-refractivity contribution in [1.29, 1.82) is 0 Å². The van der Waals surface area contributed by atoms with Crippen molar-refractivity contribution in [3.8, 4) is 0 Å². The zero-order chi connectivity index (χ0) is 15.6. The first kappa shape index (κ1) is 15.5. The second-order valence-corrected chi connectivity index (χ2v) is 5.66. The number of halogens is 1. The number of carbonyl (C=O) groups excluding carboxylic acids is 1. The van der Waals surface area contributed by atoms with Crippen molar-refractivity contribution in [2.75, 3.05) is 5.32 Å². The molecular weight excluding hydrogens is 304 g/mol. The number of rotatable bonds is 3. The molecule has 1 amide bonds. The van der Waals surface area contributed by atoms with Crippen LogP contribution >= 0.6 is 23.8 Å². The first-order valence-corrected chi connectivity index (χ1v) is 7.15. The number of nitrogens with two attached hydrogens (primary N) is 1. The van der Waals surface area contributed by atoms with Gasteiger partial charge in [0.25, 0.3) is 5.91 Å². The van der Waals surface area contributed by atoms with E-state index in [1.165, 1.54) is 0 Å². The van der Waals surface area contributed by atoms with E-state index >= 15 is 0 Å². The summed E-state index contributed by atoms with van der Waals surface area (Å²) in [6, 6.07) is 10.7. The minimum Gasteiger partial charge on any atom is -0.389 e. The van der Waals surface area contributed by atoms with Gasteiger partial charge in [0.1, 0.15) is 4.99 Å². The van der Waals surface area contributed by atoms with Gasteiger partial charge in [0.2, 0.25) is 0 Å². The maximum Gasteiger partial charge on any atom is 0.255 e. The summed E-state index contributed by atoms with van der Waals surface area (Å²) in [6.45, 7) is 3.79. The third-order valence-electron chi connectivity index (χ3n) is 3.20. The van der Waals surface area contributed by atoms with E-state index in [4.69, 9.17) is 29.6 Å². The molecule has 108 valence electrons. The molecule has 0 aliphatic carbocycles. The largest absolute Gasteiger partial charge is 0.389 e. The molecule has 0 unspecified atom stereocenters. The second-order valence-electron chi connectivity index (χ2n) is 4.81. The van der Waals surface area contributed by atoms with E-state index in [0.717, 1.165) is 11.1 Å². The van der Waals surface area contributed by atoms with E-state index in [2.05, 4.69) is 5.32 Å². The maximum absolute atomic E-state index is 12.3. The molecule has 0 saturated heterocycles. The van der Waals surface area contributed by atoms with Gasteiger partial charge >= 0.3 is 0 Å². The Hall–Kier alpha value is -1.91. The molecule has 0 aromatic heterocycles. The van der Waals surface area contributed by atoms with E-state index < -0.39 is 0 Å². The normalized spacial score (nSPS) is 10.2. The van der Waals surface area contributed by atoms with Crippen molar-refractivity contribution in [3.05, 3.63) is 63.7 Å². The second kappa shape index (κ2) is 6.24. The van der Waals surface area contributed by atoms with E-state index in [1.54, 1.807) is 18.2 Å². The molecule has 5 heteroatoms. The van der Waals surface area contributed by atoms with Crippen molar-refractivity contribution in [1.82, 2.24) is 0 Å². The average Bonchev–Trinajstić information content (AvgIpc) is 2.43. The zero-order valence-corrected chi connectivity index (χ0v) is 13.3. The molecule has 2 aromatic rings. The molecule has 0 fully saturated rings. The Bertz CT molecular complexity index is 728. The first-order chi connectivity index (χ1) is 9.88. The van der Waals surface area contributed by atoms with Crippen LogP contribution in [-0.4, -0.2) is 10.9 Å². The van der Waals surface area contributed by atoms with Crippen LogP contribution in [0, 0.1) is 13.8 Å². The topological polar surface area (TPSA) is 55.1 Å². The van der Waals surface area contributed by atoms with Crippen LogP contribution in [0.1, 0.15) is 27.0 Å². The number of benzene rings is 2. The predicted octanol–water partition coefficient (Wildman–Crippen LogP) is 3.84. The fourth-order valence-corrected chi connectivity index (χ4v) is 2.15. The highest BCUT2D eigenvalue weighted by molar-refractivity contribution is 7.80. The number of hydrogen-bond acceptors (Lipinski definition) is 2. The van der Waals surface area contributed by atoms with Gasteiger partial charge in [0.05, 0.1) is 0 Å². The lowest BCUT2D eigenvalue weighted by atomic mass is 10.1. The highest BCUT2D eigenvalue weighted by Gasteiger charge is 2.10. The molecule has 0 bridgehead atoms. The van der Waals surface area contributed by atoms with Crippen LogP contribution in [0.25, 0.3) is 0 Å². The number of carbonyl (C=O) groups is 1. The highest BCUT2D eigenvalue weighted by atomic mass is 35.5. The Labute approximate surface area is 134 Å². The summed E-state index contributed by atoms with van der Waals surface area (Å²) in [4.78, 5) is 12.6. The zero-order valence-electron chi connectivity index (χ0n) is 11.7. The number of hydrogen-bond donors (Lipinski definition) is 2. The lowest BCUT2D eigenvalue weighted by Crippen LogP contribution is -2.15. The summed E-state index contributed by atoms with van der Waals surface area (Å²) < 4.78 is 0. The lowest BCUT2D eigenvalue weighted by Gasteiger charge is -2.11. The summed E-state index contributed by atoms with van der Waals surface area (Å²) in [5.41, 5.74) is 9.38. The van der Waals surface area contributed by atoms with Gasteiger partial charge in [0, 0.05) is 21.8 Å². The molecule has 0 atom stereocenters. The third-order valence-corrected chi connectivity index (χ3v) is 3.85. The molecule has 0 spiro atoms. The van der Waals surface area contributed by atoms with Crippen molar-refractivity contribution in [2.24, 2.45) is 5.73 Å². The van der Waals surface area contributed by atoms with Crippen molar-refractivity contribution in [3.63, 3.8) is 0 Å². The molecule has 0 saturated carbocycles. The van der Waals surface area contributed by atoms with Gasteiger partial charge in [-0.2, -0.15) is 0 Å². The van der Waals surface area contributed by atoms with Crippen molar-refractivity contribution >= 4 is 40.4 Å². The van der Waals surface area contributed by atoms with Crippen LogP contribution in [0.15, 0.2) is 36.4 Å². The van der Waals surface area contributed by atoms with Gasteiger partial charge in [-0.3, -0.25) is 4.79 Å². The lowest BCUT2D eigenvalue weighted by molar-refractivity contribution is 0.102. The minimum atomic E-state index is -0.222. The average molecular weight is 319 g/mol. The summed E-state index contributed by atoms with van der Waals surface area (Å²) in [5.74, 6) is -0.222. The molecule has 3 N–H and O–H groups in total. The molecular formula is C16H15ClN2OS. The maximum atomic E-state index is 12.3. The van der Waals surface area contributed by atoms with Crippen LogP contribution in [0.4, 0.5) is 5.69 Å². The van der Waals surface area contributed by atoms with E-state index in [1.807, 2.05) is 32.0 Å². The molecule has 3 nitrogen and oxygen atoms in total. The van der Waals surface area contributed by atoms with Crippen LogP contribution in [0.2, 0.25) is 5.02 Å². The van der Waals surface area contributed by atoms with Crippen LogP contribution in [-0.2, 0) is 0 Å². The number of anilines is 1. The number of aryl methyl sites for hydroxylation is 2. The van der Waals surface area contributed by atoms with Gasteiger partial charge in [-0.1, -0.05) is 42.0 Å².